The SMILES string of the molecule is C=Cc1ncncc1N.CC. The second-order valence-corrected chi connectivity index (χ2v) is 1.57. The van der Waals surface area contributed by atoms with Gasteiger partial charge in [0.1, 0.15) is 6.33 Å². The smallest absolute Gasteiger partial charge is 0.116 e. The minimum absolute atomic E-state index is 0.563. The molecule has 1 aromatic rings. The van der Waals surface area contributed by atoms with Gasteiger partial charge in [0, 0.05) is 0 Å². The molecule has 3 nitrogen and oxygen atoms in total. The summed E-state index contributed by atoms with van der Waals surface area (Å²) in [7, 11) is 0. The maximum Gasteiger partial charge on any atom is 0.116 e. The van der Waals surface area contributed by atoms with Crippen molar-refractivity contribution in [2.45, 2.75) is 13.8 Å². The van der Waals surface area contributed by atoms with Gasteiger partial charge in [0.2, 0.25) is 0 Å². The van der Waals surface area contributed by atoms with Gasteiger partial charge in [0.05, 0.1) is 17.6 Å². The van der Waals surface area contributed by atoms with E-state index < -0.39 is 0 Å². The maximum absolute atomic E-state index is 5.43. The van der Waals surface area contributed by atoms with E-state index in [1.54, 1.807) is 12.3 Å². The lowest BCUT2D eigenvalue weighted by Gasteiger charge is -1.93. The van der Waals surface area contributed by atoms with E-state index >= 15 is 0 Å². The molecule has 0 aromatic carbocycles. The van der Waals surface area contributed by atoms with E-state index in [-0.39, 0.29) is 0 Å². The predicted molar refractivity (Wildman–Crippen MR) is 47.9 cm³/mol. The standard InChI is InChI=1S/C6H7N3.C2H6/c1-2-6-5(7)3-8-4-9-6;1-2/h2-4H,1,7H2;1-2H3. The Balaban J connectivity index is 0.000000461. The van der Waals surface area contributed by atoms with Crippen molar-refractivity contribution in [3.8, 4) is 0 Å². The molecule has 2 N–H and O–H groups in total. The van der Waals surface area contributed by atoms with Crippen molar-refractivity contribution in [3.05, 3.63) is 24.8 Å². The number of anilines is 1. The van der Waals surface area contributed by atoms with E-state index in [1.807, 2.05) is 13.8 Å². The number of nitrogen functional groups attached to an aromatic ring is 1. The Bertz CT molecular complexity index is 220. The van der Waals surface area contributed by atoms with Crippen molar-refractivity contribution in [3.63, 3.8) is 0 Å². The highest BCUT2D eigenvalue weighted by Crippen LogP contribution is 2.04. The van der Waals surface area contributed by atoms with Crippen LogP contribution in [0.4, 0.5) is 5.69 Å². The Morgan fingerprint density at radius 3 is 2.55 bits per heavy atom. The molecule has 0 saturated heterocycles. The molecule has 0 radical (unpaired) electrons. The van der Waals surface area contributed by atoms with Gasteiger partial charge in [-0.3, -0.25) is 0 Å². The molecule has 60 valence electrons. The molecule has 0 bridgehead atoms. The maximum atomic E-state index is 5.43. The zero-order chi connectivity index (χ0) is 8.69. The molecule has 0 unspecified atom stereocenters. The van der Waals surface area contributed by atoms with Crippen LogP contribution in [0.5, 0.6) is 0 Å². The molecular formula is C8H13N3. The van der Waals surface area contributed by atoms with Crippen LogP contribution < -0.4 is 5.73 Å². The summed E-state index contributed by atoms with van der Waals surface area (Å²) >= 11 is 0. The lowest BCUT2D eigenvalue weighted by Crippen LogP contribution is -1.92. The van der Waals surface area contributed by atoms with E-state index in [1.165, 1.54) is 6.33 Å². The van der Waals surface area contributed by atoms with Gasteiger partial charge < -0.3 is 5.73 Å². The van der Waals surface area contributed by atoms with Gasteiger partial charge in [-0.05, 0) is 6.08 Å². The molecule has 1 rings (SSSR count). The Morgan fingerprint density at radius 1 is 1.55 bits per heavy atom. The number of hydrogen-bond acceptors (Lipinski definition) is 3. The number of aromatic nitrogens is 2. The molecule has 0 atom stereocenters. The number of nitrogens with zero attached hydrogens (tertiary/aromatic N) is 2. The molecule has 0 fully saturated rings. The summed E-state index contributed by atoms with van der Waals surface area (Å²) in [4.78, 5) is 7.55. The second kappa shape index (κ2) is 5.41. The van der Waals surface area contributed by atoms with Crippen LogP contribution in [0, 0.1) is 0 Å². The average Bonchev–Trinajstić information content (AvgIpc) is 2.09. The molecule has 3 heteroatoms. The van der Waals surface area contributed by atoms with Crippen LogP contribution in [0.3, 0.4) is 0 Å². The lowest BCUT2D eigenvalue weighted by atomic mass is 10.3. The van der Waals surface area contributed by atoms with E-state index in [0.717, 1.165) is 0 Å². The van der Waals surface area contributed by atoms with Crippen molar-refractivity contribution >= 4 is 11.8 Å². The summed E-state index contributed by atoms with van der Waals surface area (Å²) in [5, 5.41) is 0. The van der Waals surface area contributed by atoms with Crippen molar-refractivity contribution in [1.29, 1.82) is 0 Å². The highest BCUT2D eigenvalue weighted by atomic mass is 14.8. The first-order valence-corrected chi connectivity index (χ1v) is 3.52. The summed E-state index contributed by atoms with van der Waals surface area (Å²) in [6.45, 7) is 7.52. The van der Waals surface area contributed by atoms with Gasteiger partial charge in [-0.1, -0.05) is 20.4 Å². The third kappa shape index (κ3) is 2.80. The third-order valence-electron chi connectivity index (χ3n) is 0.966. The molecule has 0 aliphatic carbocycles. The van der Waals surface area contributed by atoms with E-state index in [9.17, 15) is 0 Å². The summed E-state index contributed by atoms with van der Waals surface area (Å²) in [5.41, 5.74) is 6.68. The Labute approximate surface area is 67.0 Å². The van der Waals surface area contributed by atoms with Gasteiger partial charge in [0.15, 0.2) is 0 Å². The first-order chi connectivity index (χ1) is 5.34. The number of nitrogens with two attached hydrogens (primary N) is 1. The van der Waals surface area contributed by atoms with E-state index in [2.05, 4.69) is 16.5 Å². The lowest BCUT2D eigenvalue weighted by molar-refractivity contribution is 1.16. The minimum atomic E-state index is 0.563. The monoisotopic (exact) mass is 151 g/mol. The van der Waals surface area contributed by atoms with Gasteiger partial charge >= 0.3 is 0 Å². The van der Waals surface area contributed by atoms with Crippen LogP contribution in [0.1, 0.15) is 19.5 Å². The van der Waals surface area contributed by atoms with Crippen molar-refractivity contribution in [1.82, 2.24) is 9.97 Å². The first-order valence-electron chi connectivity index (χ1n) is 3.52. The molecular weight excluding hydrogens is 138 g/mol. The molecule has 1 heterocycles. The molecule has 0 aliphatic heterocycles. The van der Waals surface area contributed by atoms with Crippen molar-refractivity contribution in [2.24, 2.45) is 0 Å². The fourth-order valence-electron chi connectivity index (χ4n) is 0.520. The Hall–Kier alpha value is -1.38. The fourth-order valence-corrected chi connectivity index (χ4v) is 0.520. The largest absolute Gasteiger partial charge is 0.396 e. The van der Waals surface area contributed by atoms with Crippen LogP contribution in [-0.2, 0) is 0 Å². The van der Waals surface area contributed by atoms with E-state index in [4.69, 9.17) is 5.73 Å². The van der Waals surface area contributed by atoms with Crippen LogP contribution >= 0.6 is 0 Å². The normalized spacial score (nSPS) is 7.82. The van der Waals surface area contributed by atoms with Crippen LogP contribution in [-0.4, -0.2) is 9.97 Å². The average molecular weight is 151 g/mol. The van der Waals surface area contributed by atoms with Crippen molar-refractivity contribution in [2.75, 3.05) is 5.73 Å². The number of hydrogen-bond donors (Lipinski definition) is 1. The van der Waals surface area contributed by atoms with Gasteiger partial charge in [-0.15, -0.1) is 0 Å². The molecule has 1 aromatic heterocycles. The summed E-state index contributed by atoms with van der Waals surface area (Å²) < 4.78 is 0. The molecule has 0 amide bonds. The highest BCUT2D eigenvalue weighted by molar-refractivity contribution is 5.57. The van der Waals surface area contributed by atoms with E-state index in [0.29, 0.717) is 11.4 Å². The quantitative estimate of drug-likeness (QED) is 0.665. The van der Waals surface area contributed by atoms with Crippen LogP contribution in [0.2, 0.25) is 0 Å². The first kappa shape index (κ1) is 9.62. The summed E-state index contributed by atoms with van der Waals surface area (Å²) in [6, 6.07) is 0. The third-order valence-corrected chi connectivity index (χ3v) is 0.966. The van der Waals surface area contributed by atoms with Gasteiger partial charge in [-0.2, -0.15) is 0 Å². The number of rotatable bonds is 1. The Kier molecular flexibility index (Phi) is 4.73. The fraction of sp³-hybridized carbons (Fsp3) is 0.250. The highest BCUT2D eigenvalue weighted by Gasteiger charge is 1.90. The zero-order valence-electron chi connectivity index (χ0n) is 6.91. The molecule has 0 saturated carbocycles. The Morgan fingerprint density at radius 2 is 2.18 bits per heavy atom. The van der Waals surface area contributed by atoms with Gasteiger partial charge in [-0.25, -0.2) is 9.97 Å². The zero-order valence-corrected chi connectivity index (χ0v) is 6.91. The van der Waals surface area contributed by atoms with Crippen LogP contribution in [0.25, 0.3) is 6.08 Å². The second-order valence-electron chi connectivity index (χ2n) is 1.57. The summed E-state index contributed by atoms with van der Waals surface area (Å²) in [5.74, 6) is 0. The minimum Gasteiger partial charge on any atom is -0.396 e. The topological polar surface area (TPSA) is 51.8 Å². The molecule has 11 heavy (non-hydrogen) atoms. The van der Waals surface area contributed by atoms with Gasteiger partial charge in [0.25, 0.3) is 0 Å². The van der Waals surface area contributed by atoms with Crippen LogP contribution in [0.15, 0.2) is 19.1 Å². The molecule has 0 spiro atoms. The summed E-state index contributed by atoms with van der Waals surface area (Å²) in [6.07, 6.45) is 4.58. The van der Waals surface area contributed by atoms with Crippen molar-refractivity contribution < 1.29 is 0 Å². The predicted octanol–water partition coefficient (Wildman–Crippen LogP) is 1.73. The molecule has 0 aliphatic rings.